The van der Waals surface area contributed by atoms with Crippen molar-refractivity contribution in [2.24, 2.45) is 0 Å². The maximum Gasteiger partial charge on any atom is 0.0660 e. The highest BCUT2D eigenvalue weighted by Crippen LogP contribution is 2.26. The second-order valence-electron chi connectivity index (χ2n) is 3.03. The lowest BCUT2D eigenvalue weighted by Crippen LogP contribution is -2.38. The minimum Gasteiger partial charge on any atom is -0.300 e. The Labute approximate surface area is 73.3 Å². The third kappa shape index (κ3) is 2.43. The molecule has 11 heavy (non-hydrogen) atoms. The number of terminal acetylenes is 1. The van der Waals surface area contributed by atoms with E-state index in [9.17, 15) is 0 Å². The summed E-state index contributed by atoms with van der Waals surface area (Å²) in [5, 5.41) is 4.15. The molecule has 1 N–H and O–H groups in total. The lowest BCUT2D eigenvalue weighted by Gasteiger charge is -2.18. The Morgan fingerprint density at radius 2 is 2.45 bits per heavy atom. The van der Waals surface area contributed by atoms with Gasteiger partial charge in [-0.2, -0.15) is 11.8 Å². The van der Waals surface area contributed by atoms with Gasteiger partial charge in [0, 0.05) is 11.3 Å². The van der Waals surface area contributed by atoms with Crippen molar-refractivity contribution in [3.8, 4) is 12.3 Å². The zero-order chi connectivity index (χ0) is 8.27. The molecule has 1 fully saturated rings. The zero-order valence-corrected chi connectivity index (χ0v) is 7.95. The zero-order valence-electron chi connectivity index (χ0n) is 7.13. The van der Waals surface area contributed by atoms with Crippen LogP contribution in [-0.4, -0.2) is 23.1 Å². The molecular weight excluding hydrogens is 154 g/mol. The van der Waals surface area contributed by atoms with E-state index >= 15 is 0 Å². The van der Waals surface area contributed by atoms with Crippen molar-refractivity contribution in [2.75, 3.05) is 5.75 Å². The van der Waals surface area contributed by atoms with Crippen LogP contribution in [0.15, 0.2) is 0 Å². The second kappa shape index (κ2) is 4.04. The summed E-state index contributed by atoms with van der Waals surface area (Å²) in [5.74, 6) is 3.97. The first-order valence-electron chi connectivity index (χ1n) is 4.08. The highest BCUT2D eigenvalue weighted by Gasteiger charge is 2.24. The summed E-state index contributed by atoms with van der Waals surface area (Å²) < 4.78 is 0. The molecule has 0 saturated carbocycles. The van der Waals surface area contributed by atoms with Gasteiger partial charge in [-0.25, -0.2) is 0 Å². The molecule has 0 aromatic carbocycles. The molecular formula is C9H15NS. The van der Waals surface area contributed by atoms with Gasteiger partial charge in [-0.3, -0.25) is 5.32 Å². The van der Waals surface area contributed by atoms with Crippen molar-refractivity contribution in [1.82, 2.24) is 5.32 Å². The quantitative estimate of drug-likeness (QED) is 0.629. The van der Waals surface area contributed by atoms with Gasteiger partial charge in [0.25, 0.3) is 0 Å². The van der Waals surface area contributed by atoms with Gasteiger partial charge in [0.1, 0.15) is 0 Å². The SMILES string of the molecule is C#CC(C)NC1CCSC1C. The van der Waals surface area contributed by atoms with Gasteiger partial charge in [-0.15, -0.1) is 6.42 Å². The molecule has 3 unspecified atom stereocenters. The first-order chi connectivity index (χ1) is 5.24. The lowest BCUT2D eigenvalue weighted by atomic mass is 10.1. The third-order valence-electron chi connectivity index (χ3n) is 2.09. The molecule has 0 spiro atoms. The van der Waals surface area contributed by atoms with Gasteiger partial charge in [0.2, 0.25) is 0 Å². The predicted molar refractivity (Wildman–Crippen MR) is 51.8 cm³/mol. The highest BCUT2D eigenvalue weighted by molar-refractivity contribution is 8.00. The predicted octanol–water partition coefficient (Wildman–Crippen LogP) is 1.49. The fourth-order valence-electron chi connectivity index (χ4n) is 1.32. The Kier molecular flexibility index (Phi) is 3.29. The van der Waals surface area contributed by atoms with Gasteiger partial charge in [-0.05, 0) is 19.1 Å². The smallest absolute Gasteiger partial charge is 0.0660 e. The van der Waals surface area contributed by atoms with E-state index in [0.29, 0.717) is 6.04 Å². The van der Waals surface area contributed by atoms with Gasteiger partial charge < -0.3 is 0 Å². The summed E-state index contributed by atoms with van der Waals surface area (Å²) >= 11 is 2.03. The molecule has 2 heteroatoms. The van der Waals surface area contributed by atoms with Crippen LogP contribution in [0, 0.1) is 12.3 Å². The maximum absolute atomic E-state index is 5.28. The van der Waals surface area contributed by atoms with Crippen LogP contribution in [-0.2, 0) is 0 Å². The minimum absolute atomic E-state index is 0.223. The molecule has 3 atom stereocenters. The van der Waals surface area contributed by atoms with Crippen LogP contribution in [0.5, 0.6) is 0 Å². The average molecular weight is 169 g/mol. The van der Waals surface area contributed by atoms with Gasteiger partial charge in [-0.1, -0.05) is 12.8 Å². The molecule has 1 heterocycles. The molecule has 0 radical (unpaired) electrons. The summed E-state index contributed by atoms with van der Waals surface area (Å²) in [6.45, 7) is 4.30. The largest absolute Gasteiger partial charge is 0.300 e. The van der Waals surface area contributed by atoms with E-state index in [1.54, 1.807) is 0 Å². The fourth-order valence-corrected chi connectivity index (χ4v) is 2.53. The summed E-state index contributed by atoms with van der Waals surface area (Å²) in [6.07, 6.45) is 6.54. The molecule has 1 aliphatic heterocycles. The third-order valence-corrected chi connectivity index (χ3v) is 3.42. The first kappa shape index (κ1) is 8.96. The van der Waals surface area contributed by atoms with E-state index in [1.165, 1.54) is 12.2 Å². The Balaban J connectivity index is 2.32. The highest BCUT2D eigenvalue weighted by atomic mass is 32.2. The van der Waals surface area contributed by atoms with Crippen LogP contribution in [0.25, 0.3) is 0 Å². The van der Waals surface area contributed by atoms with Crippen LogP contribution < -0.4 is 5.32 Å². The van der Waals surface area contributed by atoms with Crippen LogP contribution in [0.1, 0.15) is 20.3 Å². The van der Waals surface area contributed by atoms with Gasteiger partial charge in [0.15, 0.2) is 0 Å². The number of hydrogen-bond donors (Lipinski definition) is 1. The van der Waals surface area contributed by atoms with E-state index in [-0.39, 0.29) is 6.04 Å². The van der Waals surface area contributed by atoms with Crippen molar-refractivity contribution in [2.45, 2.75) is 37.6 Å². The lowest BCUT2D eigenvalue weighted by molar-refractivity contribution is 0.493. The molecule has 1 nitrogen and oxygen atoms in total. The van der Waals surface area contributed by atoms with Gasteiger partial charge >= 0.3 is 0 Å². The molecule has 0 aliphatic carbocycles. The number of nitrogens with one attached hydrogen (secondary N) is 1. The van der Waals surface area contributed by atoms with Crippen molar-refractivity contribution < 1.29 is 0 Å². The van der Waals surface area contributed by atoms with E-state index in [1.807, 2.05) is 18.7 Å². The molecule has 0 aromatic heterocycles. The maximum atomic E-state index is 5.28. The normalized spacial score (nSPS) is 33.2. The van der Waals surface area contributed by atoms with Crippen molar-refractivity contribution >= 4 is 11.8 Å². The Morgan fingerprint density at radius 1 is 1.73 bits per heavy atom. The van der Waals surface area contributed by atoms with E-state index in [4.69, 9.17) is 6.42 Å². The minimum atomic E-state index is 0.223. The van der Waals surface area contributed by atoms with Crippen LogP contribution >= 0.6 is 11.8 Å². The number of hydrogen-bond acceptors (Lipinski definition) is 2. The topological polar surface area (TPSA) is 12.0 Å². The summed E-state index contributed by atoms with van der Waals surface area (Å²) in [5.41, 5.74) is 0. The summed E-state index contributed by atoms with van der Waals surface area (Å²) in [4.78, 5) is 0. The Morgan fingerprint density at radius 3 is 2.91 bits per heavy atom. The molecule has 1 rings (SSSR count). The fraction of sp³-hybridized carbons (Fsp3) is 0.778. The second-order valence-corrected chi connectivity index (χ2v) is 4.51. The van der Waals surface area contributed by atoms with E-state index in [2.05, 4.69) is 18.2 Å². The van der Waals surface area contributed by atoms with E-state index < -0.39 is 0 Å². The molecule has 1 aliphatic rings. The molecule has 0 bridgehead atoms. The van der Waals surface area contributed by atoms with E-state index in [0.717, 1.165) is 5.25 Å². The summed E-state index contributed by atoms with van der Waals surface area (Å²) in [6, 6.07) is 0.854. The van der Waals surface area contributed by atoms with Crippen LogP contribution in [0.3, 0.4) is 0 Å². The Hall–Kier alpha value is -0.130. The molecule has 0 aromatic rings. The molecule has 1 saturated heterocycles. The van der Waals surface area contributed by atoms with Crippen molar-refractivity contribution in [1.29, 1.82) is 0 Å². The standard InChI is InChI=1S/C9H15NS/c1-4-7(2)10-9-5-6-11-8(9)3/h1,7-10H,5-6H2,2-3H3. The molecule has 0 amide bonds. The average Bonchev–Trinajstić information content (AvgIpc) is 2.37. The van der Waals surface area contributed by atoms with Crippen LogP contribution in [0.2, 0.25) is 0 Å². The Bertz CT molecular complexity index is 161. The van der Waals surface area contributed by atoms with Crippen LogP contribution in [0.4, 0.5) is 0 Å². The number of thioether (sulfide) groups is 1. The monoisotopic (exact) mass is 169 g/mol. The van der Waals surface area contributed by atoms with Crippen molar-refractivity contribution in [3.63, 3.8) is 0 Å². The number of rotatable bonds is 2. The van der Waals surface area contributed by atoms with Crippen molar-refractivity contribution in [3.05, 3.63) is 0 Å². The molecule has 62 valence electrons. The van der Waals surface area contributed by atoms with Gasteiger partial charge in [0.05, 0.1) is 6.04 Å². The first-order valence-corrected chi connectivity index (χ1v) is 5.12. The summed E-state index contributed by atoms with van der Waals surface area (Å²) in [7, 11) is 0.